The van der Waals surface area contributed by atoms with Gasteiger partial charge in [-0.1, -0.05) is 137 Å². The van der Waals surface area contributed by atoms with Crippen molar-refractivity contribution >= 4 is 19.8 Å². The van der Waals surface area contributed by atoms with Crippen LogP contribution in [0.3, 0.4) is 0 Å². The lowest BCUT2D eigenvalue weighted by Crippen LogP contribution is -2.29. The van der Waals surface area contributed by atoms with E-state index in [0.717, 1.165) is 77.0 Å². The zero-order valence-electron chi connectivity index (χ0n) is 33.9. The van der Waals surface area contributed by atoms with Crippen molar-refractivity contribution in [3.8, 4) is 0 Å². The van der Waals surface area contributed by atoms with Gasteiger partial charge in [0, 0.05) is 12.8 Å². The second-order valence-corrected chi connectivity index (χ2v) is 14.7. The van der Waals surface area contributed by atoms with Crippen LogP contribution in [-0.4, -0.2) is 65.7 Å². The number of unbranched alkanes of at least 4 members (excludes halogenated alkanes) is 9. The lowest BCUT2D eigenvalue weighted by Gasteiger charge is -2.20. The number of hydrogen-bond acceptors (Lipinski definition) is 9. The topological polar surface area (TPSA) is 149 Å². The summed E-state index contributed by atoms with van der Waals surface area (Å²) < 4.78 is 32.5. The molecule has 0 rings (SSSR count). The first-order valence-electron chi connectivity index (χ1n) is 20.5. The Labute approximate surface area is 332 Å². The van der Waals surface area contributed by atoms with Gasteiger partial charge in [0.1, 0.15) is 12.7 Å². The van der Waals surface area contributed by atoms with Crippen LogP contribution in [0, 0.1) is 0 Å². The predicted octanol–water partition coefficient (Wildman–Crippen LogP) is 10.7. The summed E-state index contributed by atoms with van der Waals surface area (Å²) in [5.74, 6) is -1.04. The molecule has 0 heterocycles. The molecule has 0 aromatic heterocycles. The number of rotatable bonds is 37. The van der Waals surface area contributed by atoms with Gasteiger partial charge in [-0.15, -0.1) is 0 Å². The first-order valence-corrected chi connectivity index (χ1v) is 22.0. The van der Waals surface area contributed by atoms with Gasteiger partial charge in [0.25, 0.3) is 0 Å². The molecule has 0 spiro atoms. The van der Waals surface area contributed by atoms with E-state index in [1.807, 2.05) is 12.2 Å². The third-order valence-corrected chi connectivity index (χ3v) is 9.00. The maximum Gasteiger partial charge on any atom is 0.472 e. The van der Waals surface area contributed by atoms with Crippen molar-refractivity contribution in [1.82, 2.24) is 0 Å². The van der Waals surface area contributed by atoms with Gasteiger partial charge in [0.15, 0.2) is 6.10 Å². The molecule has 3 N–H and O–H groups in total. The molecule has 0 bridgehead atoms. The van der Waals surface area contributed by atoms with Gasteiger partial charge in [0.2, 0.25) is 0 Å². The summed E-state index contributed by atoms with van der Waals surface area (Å²) in [7, 11) is -4.64. The van der Waals surface area contributed by atoms with Crippen molar-refractivity contribution in [2.75, 3.05) is 26.4 Å². The summed E-state index contributed by atoms with van der Waals surface area (Å²) in [6.07, 6.45) is 45.6. The van der Waals surface area contributed by atoms with Crippen LogP contribution in [0.15, 0.2) is 85.1 Å². The minimum atomic E-state index is -4.64. The molecule has 11 heteroatoms. The molecule has 0 amide bonds. The van der Waals surface area contributed by atoms with Crippen LogP contribution in [0.2, 0.25) is 0 Å². The quantitative estimate of drug-likeness (QED) is 0.0240. The van der Waals surface area contributed by atoms with E-state index in [1.54, 1.807) is 0 Å². The summed E-state index contributed by atoms with van der Waals surface area (Å²) in [6, 6.07) is 0. The van der Waals surface area contributed by atoms with E-state index in [-0.39, 0.29) is 19.4 Å². The van der Waals surface area contributed by atoms with Gasteiger partial charge in [-0.3, -0.25) is 18.6 Å². The van der Waals surface area contributed by atoms with Crippen LogP contribution < -0.4 is 0 Å². The van der Waals surface area contributed by atoms with Crippen LogP contribution in [0.25, 0.3) is 0 Å². The summed E-state index contributed by atoms with van der Waals surface area (Å²) in [5.41, 5.74) is 0. The number of carbonyl (C=O) groups excluding carboxylic acids is 2. The molecule has 1 unspecified atom stereocenters. The normalized spacial score (nSPS) is 14.8. The number of aliphatic hydroxyl groups excluding tert-OH is 2. The minimum absolute atomic E-state index is 0.0529. The molecular formula is C44H73O10P. The summed E-state index contributed by atoms with van der Waals surface area (Å²) in [4.78, 5) is 34.9. The van der Waals surface area contributed by atoms with E-state index in [0.29, 0.717) is 12.8 Å². The Morgan fingerprint density at radius 1 is 0.564 bits per heavy atom. The summed E-state index contributed by atoms with van der Waals surface area (Å²) >= 11 is 0. The number of carbonyl (C=O) groups is 2. The highest BCUT2D eigenvalue weighted by molar-refractivity contribution is 7.47. The number of aliphatic hydroxyl groups is 2. The van der Waals surface area contributed by atoms with Crippen LogP contribution in [0.4, 0.5) is 0 Å². The Kier molecular flexibility index (Phi) is 37.3. The van der Waals surface area contributed by atoms with Crippen LogP contribution >= 0.6 is 7.82 Å². The van der Waals surface area contributed by atoms with E-state index >= 15 is 0 Å². The average Bonchev–Trinajstić information content (AvgIpc) is 3.17. The standard InChI is InChI=1S/C44H73O10P/c1-3-5-7-9-11-13-15-17-18-19-20-21-22-24-26-28-30-32-34-36-44(48)54-42(40-53-55(49,50)52-38-41(46)37-45)39-51-43(47)35-33-31-29-27-25-23-16-14-12-10-8-6-4-2/h5,7,11,13-14,16-18,20-21,24,26,30,32,41-42,45-46H,3-4,6,8-10,12,15,19,22-23,25,27-29,31,33-40H2,1-2H3,(H,49,50)/b7-5+,13-11+,16-14+,18-17+,21-20+,26-24+,32-30+/t41-,42+/m0/s1. The van der Waals surface area contributed by atoms with Crippen molar-refractivity contribution in [2.45, 2.75) is 154 Å². The van der Waals surface area contributed by atoms with Gasteiger partial charge in [-0.05, 0) is 77.0 Å². The Bertz CT molecular complexity index is 1190. The third-order valence-electron chi connectivity index (χ3n) is 8.05. The first kappa shape index (κ1) is 52.2. The molecular weight excluding hydrogens is 719 g/mol. The zero-order chi connectivity index (χ0) is 40.5. The molecule has 55 heavy (non-hydrogen) atoms. The number of esters is 2. The first-order chi connectivity index (χ1) is 26.7. The van der Waals surface area contributed by atoms with E-state index < -0.39 is 51.8 Å². The van der Waals surface area contributed by atoms with Crippen LogP contribution in [0.5, 0.6) is 0 Å². The molecule has 0 aromatic carbocycles. The second-order valence-electron chi connectivity index (χ2n) is 13.3. The molecule has 0 saturated heterocycles. The smallest absolute Gasteiger partial charge is 0.462 e. The highest BCUT2D eigenvalue weighted by Crippen LogP contribution is 2.43. The van der Waals surface area contributed by atoms with Gasteiger partial charge >= 0.3 is 19.8 Å². The summed E-state index contributed by atoms with van der Waals surface area (Å²) in [5, 5.41) is 18.3. The fraction of sp³-hybridized carbons (Fsp3) is 0.636. The molecule has 0 aliphatic carbocycles. The Morgan fingerprint density at radius 3 is 1.58 bits per heavy atom. The van der Waals surface area contributed by atoms with Gasteiger partial charge in [-0.25, -0.2) is 4.57 Å². The molecule has 0 aliphatic rings. The maximum absolute atomic E-state index is 12.6. The average molecular weight is 793 g/mol. The van der Waals surface area contributed by atoms with Crippen molar-refractivity contribution in [3.63, 3.8) is 0 Å². The SMILES string of the molecule is CC/C=C/C/C=C/C/C=C/C/C=C/C/C=C/C/C=C/CCC(=O)O[C@H](COC(=O)CCCCCCC/C=C/CCCCCC)COP(=O)(O)OC[C@@H](O)CO. The lowest BCUT2D eigenvalue weighted by molar-refractivity contribution is -0.161. The monoisotopic (exact) mass is 792 g/mol. The van der Waals surface area contributed by atoms with Gasteiger partial charge in [0.05, 0.1) is 19.8 Å². The van der Waals surface area contributed by atoms with Crippen LogP contribution in [0.1, 0.15) is 142 Å². The summed E-state index contributed by atoms with van der Waals surface area (Å²) in [6.45, 7) is 2.13. The largest absolute Gasteiger partial charge is 0.472 e. The van der Waals surface area contributed by atoms with Crippen molar-refractivity contribution in [2.24, 2.45) is 0 Å². The van der Waals surface area contributed by atoms with Crippen molar-refractivity contribution < 1.29 is 47.8 Å². The van der Waals surface area contributed by atoms with Crippen molar-refractivity contribution in [3.05, 3.63) is 85.1 Å². The highest BCUT2D eigenvalue weighted by Gasteiger charge is 2.27. The van der Waals surface area contributed by atoms with Crippen LogP contribution in [-0.2, 0) is 32.7 Å². The third kappa shape index (κ3) is 39.2. The van der Waals surface area contributed by atoms with Gasteiger partial charge < -0.3 is 24.6 Å². The van der Waals surface area contributed by atoms with Crippen molar-refractivity contribution in [1.29, 1.82) is 0 Å². The van der Waals surface area contributed by atoms with E-state index in [4.69, 9.17) is 19.1 Å². The molecule has 0 radical (unpaired) electrons. The Hall–Kier alpha value is -2.85. The van der Waals surface area contributed by atoms with E-state index in [2.05, 4.69) is 91.3 Å². The van der Waals surface area contributed by atoms with Gasteiger partial charge in [-0.2, -0.15) is 0 Å². The molecule has 0 saturated carbocycles. The predicted molar refractivity (Wildman–Crippen MR) is 223 cm³/mol. The zero-order valence-corrected chi connectivity index (χ0v) is 34.7. The molecule has 0 aliphatic heterocycles. The molecule has 3 atom stereocenters. The van der Waals surface area contributed by atoms with E-state index in [1.165, 1.54) is 25.7 Å². The number of allylic oxidation sites excluding steroid dienone is 14. The minimum Gasteiger partial charge on any atom is -0.462 e. The fourth-order valence-electron chi connectivity index (χ4n) is 4.89. The number of hydrogen-bond donors (Lipinski definition) is 3. The number of phosphoric acid groups is 1. The maximum atomic E-state index is 12.6. The Balaban J connectivity index is 4.50. The second kappa shape index (κ2) is 39.4. The number of phosphoric ester groups is 1. The molecule has 314 valence electrons. The molecule has 10 nitrogen and oxygen atoms in total. The highest BCUT2D eigenvalue weighted by atomic mass is 31.2. The molecule has 0 fully saturated rings. The van der Waals surface area contributed by atoms with E-state index in [9.17, 15) is 24.2 Å². The number of ether oxygens (including phenoxy) is 2. The fourth-order valence-corrected chi connectivity index (χ4v) is 5.68. The molecule has 0 aromatic rings. The Morgan fingerprint density at radius 2 is 1.04 bits per heavy atom. The lowest BCUT2D eigenvalue weighted by atomic mass is 10.1.